The van der Waals surface area contributed by atoms with E-state index in [1.165, 1.54) is 6.20 Å². The average Bonchev–Trinajstić information content (AvgIpc) is 2.45. The molecule has 2 heterocycles. The zero-order valence-corrected chi connectivity index (χ0v) is 12.8. The van der Waals surface area contributed by atoms with Crippen LogP contribution in [0.5, 0.6) is 0 Å². The van der Waals surface area contributed by atoms with Crippen LogP contribution in [0.2, 0.25) is 5.02 Å². The van der Waals surface area contributed by atoms with Gasteiger partial charge in [-0.05, 0) is 25.8 Å². The number of pyridine rings is 1. The van der Waals surface area contributed by atoms with Gasteiger partial charge in [0.15, 0.2) is 0 Å². The summed E-state index contributed by atoms with van der Waals surface area (Å²) in [5.74, 6) is -0.115. The second-order valence-electron chi connectivity index (χ2n) is 5.23. The van der Waals surface area contributed by atoms with E-state index in [9.17, 15) is 10.1 Å². The van der Waals surface area contributed by atoms with E-state index >= 15 is 0 Å². The number of piperidine rings is 1. The summed E-state index contributed by atoms with van der Waals surface area (Å²) < 4.78 is 0. The van der Waals surface area contributed by atoms with Gasteiger partial charge in [0.2, 0.25) is 5.82 Å². The largest absolute Gasteiger partial charge is 0.378 e. The maximum absolute atomic E-state index is 11.2. The predicted octanol–water partition coefficient (Wildman–Crippen LogP) is 2.51. The second-order valence-corrected chi connectivity index (χ2v) is 5.64. The Labute approximate surface area is 128 Å². The van der Waals surface area contributed by atoms with Crippen molar-refractivity contribution < 1.29 is 4.92 Å². The molecule has 0 bridgehead atoms. The number of anilines is 2. The van der Waals surface area contributed by atoms with Gasteiger partial charge in [-0.15, -0.1) is 0 Å². The molecule has 0 aliphatic carbocycles. The second kappa shape index (κ2) is 6.91. The molecule has 0 saturated carbocycles. The van der Waals surface area contributed by atoms with Crippen LogP contribution in [0.3, 0.4) is 0 Å². The summed E-state index contributed by atoms with van der Waals surface area (Å²) >= 11 is 6.05. The highest BCUT2D eigenvalue weighted by atomic mass is 35.5. The minimum absolute atomic E-state index is 0.115. The van der Waals surface area contributed by atoms with E-state index in [4.69, 9.17) is 17.3 Å². The van der Waals surface area contributed by atoms with E-state index in [0.717, 1.165) is 38.9 Å². The summed E-state index contributed by atoms with van der Waals surface area (Å²) in [5.41, 5.74) is 5.64. The van der Waals surface area contributed by atoms with Crippen LogP contribution < -0.4 is 11.1 Å². The summed E-state index contributed by atoms with van der Waals surface area (Å²) in [5, 5.41) is 14.6. The van der Waals surface area contributed by atoms with Gasteiger partial charge >= 0.3 is 5.69 Å². The Kier molecular flexibility index (Phi) is 5.19. The number of nitrogens with one attached hydrogen (secondary N) is 1. The first kappa shape index (κ1) is 15.8. The maximum atomic E-state index is 11.2. The lowest BCUT2D eigenvalue weighted by atomic mass is 10.0. The topological polar surface area (TPSA) is 97.3 Å². The van der Waals surface area contributed by atoms with E-state index in [0.29, 0.717) is 0 Å². The van der Waals surface area contributed by atoms with Crippen molar-refractivity contribution in [3.8, 4) is 0 Å². The Morgan fingerprint density at radius 2 is 2.24 bits per heavy atom. The molecule has 2 rings (SSSR count). The van der Waals surface area contributed by atoms with Crippen LogP contribution in [0.4, 0.5) is 17.2 Å². The summed E-state index contributed by atoms with van der Waals surface area (Å²) in [7, 11) is 0. The first-order valence-electron chi connectivity index (χ1n) is 7.10. The van der Waals surface area contributed by atoms with Crippen molar-refractivity contribution in [1.29, 1.82) is 0 Å². The normalized spacial score (nSPS) is 16.9. The number of nitrogen functional groups attached to an aromatic ring is 1. The highest BCUT2D eigenvalue weighted by molar-refractivity contribution is 6.33. The van der Waals surface area contributed by atoms with Crippen molar-refractivity contribution in [2.75, 3.05) is 30.7 Å². The molecule has 116 valence electrons. The maximum Gasteiger partial charge on any atom is 0.335 e. The summed E-state index contributed by atoms with van der Waals surface area (Å²) in [6, 6.07) is 0.163. The fourth-order valence-corrected chi connectivity index (χ4v) is 2.83. The summed E-state index contributed by atoms with van der Waals surface area (Å²) in [4.78, 5) is 16.8. The van der Waals surface area contributed by atoms with Crippen LogP contribution in [0, 0.1) is 10.1 Å². The molecule has 7 nitrogen and oxygen atoms in total. The van der Waals surface area contributed by atoms with Crippen LogP contribution >= 0.6 is 11.6 Å². The highest BCUT2D eigenvalue weighted by Crippen LogP contribution is 2.36. The number of nitro groups is 1. The summed E-state index contributed by atoms with van der Waals surface area (Å²) in [6.45, 7) is 5.22. The lowest BCUT2D eigenvalue weighted by Crippen LogP contribution is -2.39. The third kappa shape index (κ3) is 3.74. The Hall–Kier alpha value is -1.60. The van der Waals surface area contributed by atoms with Crippen LogP contribution in [-0.2, 0) is 0 Å². The van der Waals surface area contributed by atoms with Crippen molar-refractivity contribution >= 4 is 28.8 Å². The molecule has 1 aromatic rings. The number of likely N-dealkylation sites (tertiary alicyclic amines) is 1. The molecule has 0 amide bonds. The number of nitrogens with two attached hydrogens (primary N) is 1. The van der Waals surface area contributed by atoms with Gasteiger partial charge < -0.3 is 16.0 Å². The molecule has 1 fully saturated rings. The minimum Gasteiger partial charge on any atom is -0.378 e. The first-order valence-corrected chi connectivity index (χ1v) is 7.48. The molecule has 1 aliphatic heterocycles. The zero-order valence-electron chi connectivity index (χ0n) is 12.0. The molecule has 0 unspecified atom stereocenters. The van der Waals surface area contributed by atoms with Gasteiger partial charge in [-0.25, -0.2) is 4.98 Å². The Bertz CT molecular complexity index is 518. The van der Waals surface area contributed by atoms with Gasteiger partial charge in [0.05, 0.1) is 16.1 Å². The van der Waals surface area contributed by atoms with Gasteiger partial charge in [0.1, 0.15) is 5.69 Å². The molecule has 8 heteroatoms. The van der Waals surface area contributed by atoms with Gasteiger partial charge in [-0.3, -0.25) is 10.1 Å². The van der Waals surface area contributed by atoms with Crippen LogP contribution in [-0.4, -0.2) is 40.5 Å². The third-order valence-electron chi connectivity index (χ3n) is 3.69. The Morgan fingerprint density at radius 1 is 1.57 bits per heavy atom. The highest BCUT2D eigenvalue weighted by Gasteiger charge is 2.26. The van der Waals surface area contributed by atoms with Gasteiger partial charge in [-0.1, -0.05) is 18.5 Å². The Balaban J connectivity index is 2.10. The molecule has 1 saturated heterocycles. The monoisotopic (exact) mass is 313 g/mol. The lowest BCUT2D eigenvalue weighted by molar-refractivity contribution is -0.383. The predicted molar refractivity (Wildman–Crippen MR) is 83.7 cm³/mol. The molecule has 0 aromatic carbocycles. The molecular weight excluding hydrogens is 294 g/mol. The Morgan fingerprint density at radius 3 is 2.81 bits per heavy atom. The number of rotatable bonds is 5. The van der Waals surface area contributed by atoms with Gasteiger partial charge in [-0.2, -0.15) is 0 Å². The van der Waals surface area contributed by atoms with Crippen molar-refractivity contribution in [3.05, 3.63) is 21.3 Å². The standard InChI is InChI=1S/C13H20ClN5O2/c1-2-5-18-6-3-9(4-7-18)17-11-10(14)8-16-13(15)12(11)19(20)21/h8-9H,2-7H2,1H3,(H3,15,16,17). The number of aromatic nitrogens is 1. The summed E-state index contributed by atoms with van der Waals surface area (Å²) in [6.07, 6.45) is 4.33. The van der Waals surface area contributed by atoms with Gasteiger partial charge in [0, 0.05) is 19.1 Å². The fourth-order valence-electron chi connectivity index (χ4n) is 2.64. The molecule has 3 N–H and O–H groups in total. The molecule has 21 heavy (non-hydrogen) atoms. The molecule has 0 spiro atoms. The molecular formula is C13H20ClN5O2. The molecule has 0 atom stereocenters. The number of halogens is 1. The van der Waals surface area contributed by atoms with Crippen molar-refractivity contribution in [2.24, 2.45) is 0 Å². The van der Waals surface area contributed by atoms with E-state index in [1.807, 2.05) is 0 Å². The zero-order chi connectivity index (χ0) is 15.4. The quantitative estimate of drug-likeness (QED) is 0.640. The van der Waals surface area contributed by atoms with E-state index in [1.54, 1.807) is 0 Å². The lowest BCUT2D eigenvalue weighted by Gasteiger charge is -2.32. The average molecular weight is 314 g/mol. The molecule has 1 aromatic heterocycles. The van der Waals surface area contributed by atoms with Crippen LogP contribution in [0.25, 0.3) is 0 Å². The van der Waals surface area contributed by atoms with Crippen molar-refractivity contribution in [3.63, 3.8) is 0 Å². The number of nitrogens with zero attached hydrogens (tertiary/aromatic N) is 3. The fraction of sp³-hybridized carbons (Fsp3) is 0.615. The van der Waals surface area contributed by atoms with E-state index < -0.39 is 4.92 Å². The van der Waals surface area contributed by atoms with E-state index in [-0.39, 0.29) is 28.3 Å². The van der Waals surface area contributed by atoms with Crippen LogP contribution in [0.15, 0.2) is 6.20 Å². The number of hydrogen-bond acceptors (Lipinski definition) is 6. The SMILES string of the molecule is CCCN1CCC(Nc2c(Cl)cnc(N)c2[N+](=O)[O-])CC1. The van der Waals surface area contributed by atoms with Crippen molar-refractivity contribution in [2.45, 2.75) is 32.2 Å². The van der Waals surface area contributed by atoms with E-state index in [2.05, 4.69) is 22.1 Å². The van der Waals surface area contributed by atoms with Crippen LogP contribution in [0.1, 0.15) is 26.2 Å². The smallest absolute Gasteiger partial charge is 0.335 e. The van der Waals surface area contributed by atoms with Crippen molar-refractivity contribution in [1.82, 2.24) is 9.88 Å². The van der Waals surface area contributed by atoms with Gasteiger partial charge in [0.25, 0.3) is 0 Å². The number of hydrogen-bond donors (Lipinski definition) is 2. The first-order chi connectivity index (χ1) is 10.0. The minimum atomic E-state index is -0.539. The third-order valence-corrected chi connectivity index (χ3v) is 3.98. The molecule has 0 radical (unpaired) electrons. The molecule has 1 aliphatic rings.